The molecule has 0 aliphatic carbocycles. The number of nitrogens with zero attached hydrogens (tertiary/aromatic N) is 2. The van der Waals surface area contributed by atoms with E-state index >= 15 is 0 Å². The summed E-state index contributed by atoms with van der Waals surface area (Å²) in [5.41, 5.74) is 3.25. The van der Waals surface area contributed by atoms with Crippen LogP contribution in [0, 0.1) is 19.8 Å². The van der Waals surface area contributed by atoms with Gasteiger partial charge in [-0.05, 0) is 49.1 Å². The Morgan fingerprint density at radius 2 is 1.96 bits per heavy atom. The molecule has 2 heterocycles. The third-order valence-electron chi connectivity index (χ3n) is 4.69. The molecule has 1 atom stereocenters. The van der Waals surface area contributed by atoms with Gasteiger partial charge in [0, 0.05) is 18.3 Å². The lowest BCUT2D eigenvalue weighted by Gasteiger charge is -2.28. The van der Waals surface area contributed by atoms with Crippen molar-refractivity contribution in [3.8, 4) is 0 Å². The van der Waals surface area contributed by atoms with Gasteiger partial charge in [0.2, 0.25) is 0 Å². The van der Waals surface area contributed by atoms with E-state index in [0.717, 1.165) is 11.1 Å². The van der Waals surface area contributed by atoms with Gasteiger partial charge in [-0.25, -0.2) is 0 Å². The fourth-order valence-corrected chi connectivity index (χ4v) is 3.42. The second-order valence-corrected chi connectivity index (χ2v) is 7.41. The molecule has 1 aromatic heterocycles. The molecule has 0 saturated carbocycles. The molecule has 27 heavy (non-hydrogen) atoms. The number of hydrogen-bond acceptors (Lipinski definition) is 4. The smallest absolute Gasteiger partial charge is 0.294 e. The zero-order chi connectivity index (χ0) is 19.7. The van der Waals surface area contributed by atoms with Crippen LogP contribution in [0.25, 0.3) is 0 Å². The van der Waals surface area contributed by atoms with Crippen molar-refractivity contribution in [3.63, 3.8) is 0 Å². The molecule has 3 rings (SSSR count). The van der Waals surface area contributed by atoms with Crippen LogP contribution in [-0.2, 0) is 9.59 Å². The summed E-state index contributed by atoms with van der Waals surface area (Å²) in [4.78, 5) is 31.8. The monoisotopic (exact) mass is 364 g/mol. The van der Waals surface area contributed by atoms with E-state index in [4.69, 9.17) is 0 Å². The molecule has 0 spiro atoms. The van der Waals surface area contributed by atoms with Crippen molar-refractivity contribution in [2.75, 3.05) is 4.90 Å². The van der Waals surface area contributed by atoms with Crippen molar-refractivity contribution < 1.29 is 14.7 Å². The average Bonchev–Trinajstić information content (AvgIpc) is 2.89. The Balaban J connectivity index is 2.18. The van der Waals surface area contributed by atoms with E-state index in [0.29, 0.717) is 11.4 Å². The van der Waals surface area contributed by atoms with Gasteiger partial charge in [-0.1, -0.05) is 32.0 Å². The number of carbonyl (C=O) groups is 2. The summed E-state index contributed by atoms with van der Waals surface area (Å²) < 4.78 is 0. The van der Waals surface area contributed by atoms with Crippen LogP contribution < -0.4 is 4.90 Å². The highest BCUT2D eigenvalue weighted by atomic mass is 16.3. The summed E-state index contributed by atoms with van der Waals surface area (Å²) >= 11 is 0. The van der Waals surface area contributed by atoms with E-state index in [1.165, 1.54) is 4.90 Å². The van der Waals surface area contributed by atoms with Crippen LogP contribution >= 0.6 is 0 Å². The van der Waals surface area contributed by atoms with Gasteiger partial charge in [0.05, 0.1) is 11.3 Å². The largest absolute Gasteiger partial charge is 0.503 e. The molecule has 0 bridgehead atoms. The van der Waals surface area contributed by atoms with Gasteiger partial charge >= 0.3 is 0 Å². The Bertz CT molecular complexity index is 916. The van der Waals surface area contributed by atoms with Crippen LogP contribution in [0.3, 0.4) is 0 Å². The SMILES string of the molecule is Cc1ccc(C)c(N2C(=O)C(O)=C(C(=O)CC(C)C)C2c2ccccn2)c1. The van der Waals surface area contributed by atoms with E-state index in [2.05, 4.69) is 4.98 Å². The number of hydrogen-bond donors (Lipinski definition) is 1. The lowest BCUT2D eigenvalue weighted by Crippen LogP contribution is -2.32. The lowest BCUT2D eigenvalue weighted by molar-refractivity contribution is -0.118. The number of amides is 1. The van der Waals surface area contributed by atoms with Crippen molar-refractivity contribution in [1.29, 1.82) is 0 Å². The summed E-state index contributed by atoms with van der Waals surface area (Å²) in [5.74, 6) is -1.14. The van der Waals surface area contributed by atoms with Gasteiger partial charge in [-0.3, -0.25) is 19.5 Å². The maximum Gasteiger partial charge on any atom is 0.294 e. The van der Waals surface area contributed by atoms with E-state index in [1.807, 2.05) is 52.0 Å². The molecule has 1 unspecified atom stereocenters. The number of ketones is 1. The van der Waals surface area contributed by atoms with E-state index in [1.54, 1.807) is 18.3 Å². The number of Topliss-reactive ketones (excluding diaryl/α,β-unsaturated/α-hetero) is 1. The number of aromatic nitrogens is 1. The Morgan fingerprint density at radius 1 is 1.22 bits per heavy atom. The van der Waals surface area contributed by atoms with Crippen LogP contribution in [0.1, 0.15) is 43.1 Å². The molecular weight excluding hydrogens is 340 g/mol. The Kier molecular flexibility index (Phi) is 5.13. The number of anilines is 1. The first kappa shape index (κ1) is 18.8. The van der Waals surface area contributed by atoms with Crippen LogP contribution in [0.2, 0.25) is 0 Å². The predicted molar refractivity (Wildman–Crippen MR) is 104 cm³/mol. The highest BCUT2D eigenvalue weighted by Gasteiger charge is 2.45. The van der Waals surface area contributed by atoms with E-state index in [9.17, 15) is 14.7 Å². The second kappa shape index (κ2) is 7.35. The van der Waals surface area contributed by atoms with Gasteiger partial charge in [0.15, 0.2) is 11.5 Å². The third-order valence-corrected chi connectivity index (χ3v) is 4.69. The van der Waals surface area contributed by atoms with Crippen LogP contribution in [0.4, 0.5) is 5.69 Å². The minimum absolute atomic E-state index is 0.118. The Labute approximate surface area is 159 Å². The summed E-state index contributed by atoms with van der Waals surface area (Å²) in [6, 6.07) is 10.4. The van der Waals surface area contributed by atoms with Gasteiger partial charge < -0.3 is 5.11 Å². The minimum Gasteiger partial charge on any atom is -0.503 e. The number of aliphatic hydroxyl groups excluding tert-OH is 1. The molecule has 1 aliphatic heterocycles. The van der Waals surface area contributed by atoms with Crippen molar-refractivity contribution in [1.82, 2.24) is 4.98 Å². The molecule has 0 fully saturated rings. The van der Waals surface area contributed by atoms with Crippen molar-refractivity contribution >= 4 is 17.4 Å². The number of rotatable bonds is 5. The molecule has 1 N–H and O–H groups in total. The quantitative estimate of drug-likeness (QED) is 0.862. The average molecular weight is 364 g/mol. The number of benzene rings is 1. The Morgan fingerprint density at radius 3 is 2.59 bits per heavy atom. The predicted octanol–water partition coefficient (Wildman–Crippen LogP) is 4.21. The highest BCUT2D eigenvalue weighted by Crippen LogP contribution is 2.42. The van der Waals surface area contributed by atoms with Crippen molar-refractivity contribution in [2.45, 2.75) is 40.2 Å². The van der Waals surface area contributed by atoms with Crippen molar-refractivity contribution in [2.24, 2.45) is 5.92 Å². The minimum atomic E-state index is -0.731. The zero-order valence-electron chi connectivity index (χ0n) is 16.1. The second-order valence-electron chi connectivity index (χ2n) is 7.41. The van der Waals surface area contributed by atoms with E-state index < -0.39 is 17.7 Å². The zero-order valence-corrected chi connectivity index (χ0v) is 16.1. The van der Waals surface area contributed by atoms with Gasteiger partial charge in [0.25, 0.3) is 5.91 Å². The maximum absolute atomic E-state index is 13.0. The number of carbonyl (C=O) groups excluding carboxylic acids is 2. The topological polar surface area (TPSA) is 70.5 Å². The van der Waals surface area contributed by atoms with Gasteiger partial charge in [-0.15, -0.1) is 0 Å². The first-order valence-electron chi connectivity index (χ1n) is 9.09. The molecule has 1 aromatic carbocycles. The molecule has 2 aromatic rings. The molecule has 1 amide bonds. The molecule has 140 valence electrons. The summed E-state index contributed by atoms with van der Waals surface area (Å²) in [6.07, 6.45) is 1.89. The first-order valence-corrected chi connectivity index (χ1v) is 9.09. The first-order chi connectivity index (χ1) is 12.8. The van der Waals surface area contributed by atoms with Crippen molar-refractivity contribution in [3.05, 3.63) is 70.7 Å². The van der Waals surface area contributed by atoms with Crippen LogP contribution in [-0.4, -0.2) is 21.8 Å². The normalized spacial score (nSPS) is 17.1. The van der Waals surface area contributed by atoms with E-state index in [-0.39, 0.29) is 23.7 Å². The molecule has 5 heteroatoms. The maximum atomic E-state index is 13.0. The van der Waals surface area contributed by atoms with Crippen LogP contribution in [0.5, 0.6) is 0 Å². The Hall–Kier alpha value is -2.95. The molecule has 1 aliphatic rings. The fraction of sp³-hybridized carbons (Fsp3) is 0.318. The molecule has 0 radical (unpaired) electrons. The summed E-state index contributed by atoms with van der Waals surface area (Å²) in [5, 5.41) is 10.6. The standard InChI is InChI=1S/C22H24N2O3/c1-13(2)11-18(25)19-20(16-7-5-6-10-23-16)24(22(27)21(19)26)17-12-14(3)8-9-15(17)4/h5-10,12-13,20,26H,11H2,1-4H3. The molecular formula is C22H24N2O3. The summed E-state index contributed by atoms with van der Waals surface area (Å²) in [7, 11) is 0. The summed E-state index contributed by atoms with van der Waals surface area (Å²) in [6.45, 7) is 7.72. The van der Waals surface area contributed by atoms with Gasteiger partial charge in [-0.2, -0.15) is 0 Å². The van der Waals surface area contributed by atoms with Crippen LogP contribution in [0.15, 0.2) is 53.9 Å². The number of pyridine rings is 1. The number of aryl methyl sites for hydroxylation is 2. The van der Waals surface area contributed by atoms with Gasteiger partial charge in [0.1, 0.15) is 6.04 Å². The lowest BCUT2D eigenvalue weighted by atomic mass is 9.94. The highest BCUT2D eigenvalue weighted by molar-refractivity contribution is 6.16. The fourth-order valence-electron chi connectivity index (χ4n) is 3.42. The number of aliphatic hydroxyl groups is 1. The molecule has 5 nitrogen and oxygen atoms in total. The third kappa shape index (κ3) is 3.50. The molecule has 0 saturated heterocycles.